The Morgan fingerprint density at radius 2 is 1.57 bits per heavy atom. The molecule has 0 aromatic heterocycles. The molecule has 0 radical (unpaired) electrons. The normalized spacial score (nSPS) is 10.9. The quantitative estimate of drug-likeness (QED) is 0.808. The Hall–Kier alpha value is -1.55. The molecule has 0 fully saturated rings. The lowest BCUT2D eigenvalue weighted by atomic mass is 9.97. The third-order valence-electron chi connectivity index (χ3n) is 3.55. The zero-order valence-corrected chi connectivity index (χ0v) is 13.2. The van der Waals surface area contributed by atoms with E-state index in [-0.39, 0.29) is 0 Å². The van der Waals surface area contributed by atoms with Gasteiger partial charge in [-0.3, -0.25) is 0 Å². The molecule has 2 aromatic carbocycles. The van der Waals surface area contributed by atoms with Gasteiger partial charge in [0, 0.05) is 16.7 Å². The van der Waals surface area contributed by atoms with Crippen molar-refractivity contribution < 1.29 is 13.9 Å². The third-order valence-corrected chi connectivity index (χ3v) is 4.52. The number of phenols is 1. The van der Waals surface area contributed by atoms with Gasteiger partial charge in [0.15, 0.2) is 0 Å². The fraction of sp³-hybridized carbons (Fsp3) is 0.294. The molecule has 1 N–H and O–H groups in total. The van der Waals surface area contributed by atoms with E-state index in [1.54, 1.807) is 0 Å². The van der Waals surface area contributed by atoms with Gasteiger partial charge in [0.2, 0.25) is 0 Å². The van der Waals surface area contributed by atoms with Gasteiger partial charge in [0.1, 0.15) is 17.4 Å². The first-order valence-electron chi connectivity index (χ1n) is 6.76. The summed E-state index contributed by atoms with van der Waals surface area (Å²) in [6.07, 6.45) is 0.744. The van der Waals surface area contributed by atoms with Crippen LogP contribution in [-0.4, -0.2) is 10.9 Å². The zero-order chi connectivity index (χ0) is 15.6. The predicted octanol–water partition coefficient (Wildman–Crippen LogP) is 4.93. The Morgan fingerprint density at radius 1 is 0.952 bits per heavy atom. The molecule has 0 aliphatic heterocycles. The van der Waals surface area contributed by atoms with Crippen LogP contribution in [0.15, 0.2) is 29.2 Å². The highest BCUT2D eigenvalue weighted by atomic mass is 32.2. The molecule has 0 saturated carbocycles. The molecule has 0 spiro atoms. The highest BCUT2D eigenvalue weighted by Crippen LogP contribution is 2.29. The van der Waals surface area contributed by atoms with Gasteiger partial charge >= 0.3 is 0 Å². The summed E-state index contributed by atoms with van der Waals surface area (Å²) in [4.78, 5) is 0.583. The molecule has 0 atom stereocenters. The van der Waals surface area contributed by atoms with E-state index in [9.17, 15) is 13.9 Å². The van der Waals surface area contributed by atoms with Crippen molar-refractivity contribution >= 4 is 11.8 Å². The standard InChI is InChI=1S/C17H18F2OS/c1-10-6-11(2)17(20)12(3)16(10)4-5-21-15-8-13(18)7-14(19)9-15/h6-9,20H,4-5H2,1-3H3. The van der Waals surface area contributed by atoms with Gasteiger partial charge in [-0.1, -0.05) is 6.07 Å². The van der Waals surface area contributed by atoms with E-state index >= 15 is 0 Å². The van der Waals surface area contributed by atoms with Crippen molar-refractivity contribution in [3.8, 4) is 5.75 Å². The summed E-state index contributed by atoms with van der Waals surface area (Å²) in [5.74, 6) is -0.0827. The first-order valence-corrected chi connectivity index (χ1v) is 7.74. The second kappa shape index (κ2) is 6.48. The average molecular weight is 308 g/mol. The molecule has 4 heteroatoms. The highest BCUT2D eigenvalue weighted by molar-refractivity contribution is 7.99. The van der Waals surface area contributed by atoms with Crippen LogP contribution < -0.4 is 0 Å². The number of hydrogen-bond acceptors (Lipinski definition) is 2. The molecule has 21 heavy (non-hydrogen) atoms. The van der Waals surface area contributed by atoms with E-state index in [0.717, 1.165) is 34.7 Å². The predicted molar refractivity (Wildman–Crippen MR) is 83.1 cm³/mol. The molecule has 2 aromatic rings. The zero-order valence-electron chi connectivity index (χ0n) is 12.3. The van der Waals surface area contributed by atoms with Crippen LogP contribution in [0.25, 0.3) is 0 Å². The Labute approximate surface area is 128 Å². The molecule has 0 aliphatic carbocycles. The monoisotopic (exact) mass is 308 g/mol. The Balaban J connectivity index is 2.09. The summed E-state index contributed by atoms with van der Waals surface area (Å²) in [7, 11) is 0. The molecule has 0 bridgehead atoms. The first kappa shape index (κ1) is 15.8. The molecule has 0 amide bonds. The number of benzene rings is 2. The summed E-state index contributed by atoms with van der Waals surface area (Å²) < 4.78 is 26.2. The van der Waals surface area contributed by atoms with E-state index < -0.39 is 11.6 Å². The van der Waals surface area contributed by atoms with Crippen LogP contribution in [0, 0.1) is 32.4 Å². The van der Waals surface area contributed by atoms with Crippen LogP contribution in [0.4, 0.5) is 8.78 Å². The SMILES string of the molecule is Cc1cc(C)c(CCSc2cc(F)cc(F)c2)c(C)c1O. The van der Waals surface area contributed by atoms with Crippen LogP contribution in [-0.2, 0) is 6.42 Å². The number of halogens is 2. The minimum Gasteiger partial charge on any atom is -0.507 e. The van der Waals surface area contributed by atoms with E-state index in [4.69, 9.17) is 0 Å². The van der Waals surface area contributed by atoms with Gasteiger partial charge in [0.05, 0.1) is 0 Å². The van der Waals surface area contributed by atoms with Crippen molar-refractivity contribution in [2.24, 2.45) is 0 Å². The lowest BCUT2D eigenvalue weighted by Crippen LogP contribution is -1.98. The minimum atomic E-state index is -0.558. The largest absolute Gasteiger partial charge is 0.507 e. The van der Waals surface area contributed by atoms with Crippen molar-refractivity contribution in [2.45, 2.75) is 32.1 Å². The Morgan fingerprint density at radius 3 is 2.19 bits per heavy atom. The van der Waals surface area contributed by atoms with E-state index in [1.807, 2.05) is 26.8 Å². The molecular weight excluding hydrogens is 290 g/mol. The minimum absolute atomic E-state index is 0.331. The molecule has 2 rings (SSSR count). The second-order valence-corrected chi connectivity index (χ2v) is 6.33. The van der Waals surface area contributed by atoms with E-state index in [0.29, 0.717) is 16.4 Å². The van der Waals surface area contributed by atoms with Crippen LogP contribution in [0.3, 0.4) is 0 Å². The highest BCUT2D eigenvalue weighted by Gasteiger charge is 2.10. The Bertz CT molecular complexity index is 648. The molecule has 0 saturated heterocycles. The smallest absolute Gasteiger partial charge is 0.127 e. The van der Waals surface area contributed by atoms with Crippen molar-refractivity contribution in [2.75, 3.05) is 5.75 Å². The van der Waals surface area contributed by atoms with Crippen molar-refractivity contribution in [1.82, 2.24) is 0 Å². The van der Waals surface area contributed by atoms with Crippen LogP contribution >= 0.6 is 11.8 Å². The van der Waals surface area contributed by atoms with Gasteiger partial charge < -0.3 is 5.11 Å². The third kappa shape index (κ3) is 3.76. The summed E-state index contributed by atoms with van der Waals surface area (Å²) in [5, 5.41) is 9.99. The topological polar surface area (TPSA) is 20.2 Å². The summed E-state index contributed by atoms with van der Waals surface area (Å²) >= 11 is 1.41. The number of hydrogen-bond donors (Lipinski definition) is 1. The average Bonchev–Trinajstić information content (AvgIpc) is 2.39. The summed E-state index contributed by atoms with van der Waals surface area (Å²) in [6.45, 7) is 5.79. The van der Waals surface area contributed by atoms with E-state index in [1.165, 1.54) is 23.9 Å². The van der Waals surface area contributed by atoms with Gasteiger partial charge in [-0.2, -0.15) is 0 Å². The number of aromatic hydroxyl groups is 1. The maximum atomic E-state index is 13.1. The second-order valence-electron chi connectivity index (χ2n) is 5.17. The molecule has 0 aliphatic rings. The molecular formula is C17H18F2OS. The van der Waals surface area contributed by atoms with Crippen molar-refractivity contribution in [3.63, 3.8) is 0 Å². The number of phenolic OH excluding ortho intramolecular Hbond substituents is 1. The van der Waals surface area contributed by atoms with E-state index in [2.05, 4.69) is 0 Å². The van der Waals surface area contributed by atoms with Crippen molar-refractivity contribution in [3.05, 3.63) is 58.2 Å². The summed E-state index contributed by atoms with van der Waals surface area (Å²) in [6, 6.07) is 5.50. The van der Waals surface area contributed by atoms with Gasteiger partial charge in [-0.05, 0) is 61.6 Å². The number of thioether (sulfide) groups is 1. The summed E-state index contributed by atoms with van der Waals surface area (Å²) in [5.41, 5.74) is 3.99. The van der Waals surface area contributed by atoms with Gasteiger partial charge in [-0.15, -0.1) is 11.8 Å². The molecule has 0 heterocycles. The Kier molecular flexibility index (Phi) is 4.88. The van der Waals surface area contributed by atoms with Gasteiger partial charge in [-0.25, -0.2) is 8.78 Å². The van der Waals surface area contributed by atoms with Crippen LogP contribution in [0.1, 0.15) is 22.3 Å². The number of rotatable bonds is 4. The lowest BCUT2D eigenvalue weighted by Gasteiger charge is -2.13. The molecule has 112 valence electrons. The fourth-order valence-electron chi connectivity index (χ4n) is 2.48. The fourth-order valence-corrected chi connectivity index (χ4v) is 3.42. The maximum Gasteiger partial charge on any atom is 0.127 e. The van der Waals surface area contributed by atoms with Crippen molar-refractivity contribution in [1.29, 1.82) is 0 Å². The maximum absolute atomic E-state index is 13.1. The first-order chi connectivity index (χ1) is 9.88. The molecule has 0 unspecified atom stereocenters. The number of aryl methyl sites for hydroxylation is 2. The van der Waals surface area contributed by atoms with Gasteiger partial charge in [0.25, 0.3) is 0 Å². The van der Waals surface area contributed by atoms with Crippen LogP contribution in [0.5, 0.6) is 5.75 Å². The molecule has 1 nitrogen and oxygen atoms in total. The lowest BCUT2D eigenvalue weighted by molar-refractivity contribution is 0.465. The van der Waals surface area contributed by atoms with Crippen LogP contribution in [0.2, 0.25) is 0 Å².